The number of nitrogens with one attached hydrogen (secondary N) is 1. The van der Waals surface area contributed by atoms with E-state index in [2.05, 4.69) is 4.98 Å². The van der Waals surface area contributed by atoms with Crippen LogP contribution in [0.5, 0.6) is 0 Å². The van der Waals surface area contributed by atoms with E-state index in [9.17, 15) is 9.18 Å². The molecule has 0 aliphatic heterocycles. The molecule has 0 aliphatic rings. The summed E-state index contributed by atoms with van der Waals surface area (Å²) < 4.78 is 13.6. The molecule has 0 bridgehead atoms. The second kappa shape index (κ2) is 3.10. The maximum atomic E-state index is 12.9. The van der Waals surface area contributed by atoms with Crippen molar-refractivity contribution in [2.75, 3.05) is 0 Å². The van der Waals surface area contributed by atoms with E-state index in [0.717, 1.165) is 0 Å². The molecule has 4 heteroatoms. The topological polar surface area (TPSA) is 32.9 Å². The fourth-order valence-electron chi connectivity index (χ4n) is 1.21. The van der Waals surface area contributed by atoms with Crippen LogP contribution in [0.25, 0.3) is 10.9 Å². The number of H-pyrrole nitrogens is 1. The van der Waals surface area contributed by atoms with Crippen LogP contribution in [0.15, 0.2) is 29.2 Å². The van der Waals surface area contributed by atoms with Gasteiger partial charge in [0, 0.05) is 21.2 Å². The van der Waals surface area contributed by atoms with Crippen molar-refractivity contribution in [2.45, 2.75) is 0 Å². The van der Waals surface area contributed by atoms with Gasteiger partial charge in [-0.3, -0.25) is 4.79 Å². The summed E-state index contributed by atoms with van der Waals surface area (Å²) in [7, 11) is 0. The van der Waals surface area contributed by atoms with E-state index >= 15 is 0 Å². The van der Waals surface area contributed by atoms with Crippen LogP contribution < -0.4 is 5.43 Å². The standard InChI is InChI=1S/C9H5FINO/c10-5-3-6-8(13)1-2-12-9(6)7(11)4-5/h1-4H,(H,12,13). The molecular weight excluding hydrogens is 284 g/mol. The summed E-state index contributed by atoms with van der Waals surface area (Å²) in [6.45, 7) is 0. The first-order valence-electron chi connectivity index (χ1n) is 3.65. The van der Waals surface area contributed by atoms with Crippen molar-refractivity contribution in [3.8, 4) is 0 Å². The van der Waals surface area contributed by atoms with E-state index in [1.807, 2.05) is 22.6 Å². The highest BCUT2D eigenvalue weighted by molar-refractivity contribution is 14.1. The third kappa shape index (κ3) is 1.46. The Hall–Kier alpha value is -0.910. The predicted octanol–water partition coefficient (Wildman–Crippen LogP) is 2.27. The van der Waals surface area contributed by atoms with Gasteiger partial charge in [0.15, 0.2) is 5.43 Å². The minimum atomic E-state index is -0.381. The number of benzene rings is 1. The molecule has 0 radical (unpaired) electrons. The SMILES string of the molecule is O=c1cc[nH]c2c(I)cc(F)cc12. The smallest absolute Gasteiger partial charge is 0.189 e. The Kier molecular flexibility index (Phi) is 2.07. The molecule has 0 amide bonds. The number of hydrogen-bond acceptors (Lipinski definition) is 1. The third-order valence-corrected chi connectivity index (χ3v) is 2.63. The molecule has 1 N–H and O–H groups in total. The van der Waals surface area contributed by atoms with Crippen LogP contribution >= 0.6 is 22.6 Å². The van der Waals surface area contributed by atoms with Gasteiger partial charge in [0.1, 0.15) is 5.82 Å². The van der Waals surface area contributed by atoms with E-state index in [0.29, 0.717) is 14.5 Å². The zero-order chi connectivity index (χ0) is 9.42. The monoisotopic (exact) mass is 289 g/mol. The molecule has 1 heterocycles. The van der Waals surface area contributed by atoms with Crippen LogP contribution in [0, 0.1) is 9.39 Å². The average Bonchev–Trinajstić information content (AvgIpc) is 2.07. The highest BCUT2D eigenvalue weighted by atomic mass is 127. The summed E-state index contributed by atoms with van der Waals surface area (Å²) in [4.78, 5) is 14.2. The number of aromatic nitrogens is 1. The summed E-state index contributed by atoms with van der Waals surface area (Å²) in [5.41, 5.74) is 0.528. The number of aromatic amines is 1. The molecule has 0 saturated heterocycles. The molecule has 0 aliphatic carbocycles. The van der Waals surface area contributed by atoms with Gasteiger partial charge in [-0.1, -0.05) is 0 Å². The Balaban J connectivity index is 3.03. The largest absolute Gasteiger partial charge is 0.360 e. The summed E-state index contributed by atoms with van der Waals surface area (Å²) in [6.07, 6.45) is 1.56. The van der Waals surface area contributed by atoms with Crippen LogP contribution in [-0.4, -0.2) is 4.98 Å². The minimum absolute atomic E-state index is 0.161. The zero-order valence-corrected chi connectivity index (χ0v) is 8.63. The van der Waals surface area contributed by atoms with Gasteiger partial charge in [-0.25, -0.2) is 4.39 Å². The highest BCUT2D eigenvalue weighted by Gasteiger charge is 2.03. The number of pyridine rings is 1. The molecule has 2 nitrogen and oxygen atoms in total. The van der Waals surface area contributed by atoms with Crippen LogP contribution in [0.2, 0.25) is 0 Å². The first kappa shape index (κ1) is 8.68. The molecule has 13 heavy (non-hydrogen) atoms. The molecule has 2 aromatic rings. The summed E-state index contributed by atoms with van der Waals surface area (Å²) in [5, 5.41) is 0.395. The van der Waals surface area contributed by atoms with Gasteiger partial charge < -0.3 is 4.98 Å². The number of hydrogen-bond donors (Lipinski definition) is 1. The second-order valence-corrected chi connectivity index (χ2v) is 3.81. The molecule has 0 saturated carbocycles. The van der Waals surface area contributed by atoms with Crippen LogP contribution in [-0.2, 0) is 0 Å². The molecule has 0 fully saturated rings. The molecule has 0 atom stereocenters. The van der Waals surface area contributed by atoms with E-state index in [1.165, 1.54) is 18.2 Å². The lowest BCUT2D eigenvalue weighted by Gasteiger charge is -1.99. The second-order valence-electron chi connectivity index (χ2n) is 2.65. The number of rotatable bonds is 0. The average molecular weight is 289 g/mol. The Morgan fingerprint density at radius 2 is 2.15 bits per heavy atom. The predicted molar refractivity (Wildman–Crippen MR) is 57.2 cm³/mol. The van der Waals surface area contributed by atoms with Gasteiger partial charge in [-0.2, -0.15) is 0 Å². The van der Waals surface area contributed by atoms with Gasteiger partial charge in [0.25, 0.3) is 0 Å². The maximum Gasteiger partial charge on any atom is 0.189 e. The Morgan fingerprint density at radius 3 is 2.92 bits per heavy atom. The van der Waals surface area contributed by atoms with Crippen molar-refractivity contribution < 1.29 is 4.39 Å². The first-order chi connectivity index (χ1) is 6.18. The van der Waals surface area contributed by atoms with Gasteiger partial charge >= 0.3 is 0 Å². The molecule has 2 rings (SSSR count). The lowest BCUT2D eigenvalue weighted by atomic mass is 10.2. The molecule has 1 aromatic heterocycles. The highest BCUT2D eigenvalue weighted by Crippen LogP contribution is 2.17. The van der Waals surface area contributed by atoms with Crippen LogP contribution in [0.1, 0.15) is 0 Å². The number of fused-ring (bicyclic) bond motifs is 1. The maximum absolute atomic E-state index is 12.9. The fourth-order valence-corrected chi connectivity index (χ4v) is 1.95. The number of halogens is 2. The van der Waals surface area contributed by atoms with Crippen molar-refractivity contribution in [1.82, 2.24) is 4.98 Å². The van der Waals surface area contributed by atoms with Crippen molar-refractivity contribution in [2.24, 2.45) is 0 Å². The first-order valence-corrected chi connectivity index (χ1v) is 4.73. The van der Waals surface area contributed by atoms with Crippen LogP contribution in [0.3, 0.4) is 0 Å². The van der Waals surface area contributed by atoms with Gasteiger partial charge in [0.2, 0.25) is 0 Å². The van der Waals surface area contributed by atoms with E-state index in [4.69, 9.17) is 0 Å². The lowest BCUT2D eigenvalue weighted by molar-refractivity contribution is 0.628. The summed E-state index contributed by atoms with van der Waals surface area (Å²) in [5.74, 6) is -0.381. The molecular formula is C9H5FINO. The molecule has 0 unspecified atom stereocenters. The van der Waals surface area contributed by atoms with Gasteiger partial charge in [-0.05, 0) is 34.7 Å². The quantitative estimate of drug-likeness (QED) is 0.741. The van der Waals surface area contributed by atoms with Crippen molar-refractivity contribution >= 4 is 33.5 Å². The minimum Gasteiger partial charge on any atom is -0.360 e. The Bertz CT molecular complexity index is 520. The summed E-state index contributed by atoms with van der Waals surface area (Å²) >= 11 is 1.99. The summed E-state index contributed by atoms with van der Waals surface area (Å²) in [6, 6.07) is 4.02. The zero-order valence-electron chi connectivity index (χ0n) is 6.47. The van der Waals surface area contributed by atoms with E-state index in [1.54, 1.807) is 6.20 Å². The molecule has 1 aromatic carbocycles. The third-order valence-electron chi connectivity index (χ3n) is 1.78. The Labute approximate surface area is 86.9 Å². The molecule has 0 spiro atoms. The Morgan fingerprint density at radius 1 is 1.38 bits per heavy atom. The van der Waals surface area contributed by atoms with Crippen molar-refractivity contribution in [3.63, 3.8) is 0 Å². The fraction of sp³-hybridized carbons (Fsp3) is 0. The van der Waals surface area contributed by atoms with Gasteiger partial charge in [0.05, 0.1) is 5.52 Å². The molecule has 66 valence electrons. The van der Waals surface area contributed by atoms with E-state index < -0.39 is 0 Å². The lowest BCUT2D eigenvalue weighted by Crippen LogP contribution is -2.01. The van der Waals surface area contributed by atoms with Gasteiger partial charge in [-0.15, -0.1) is 0 Å². The van der Waals surface area contributed by atoms with E-state index in [-0.39, 0.29) is 11.2 Å². The van der Waals surface area contributed by atoms with Crippen molar-refractivity contribution in [3.05, 3.63) is 44.0 Å². The van der Waals surface area contributed by atoms with Crippen molar-refractivity contribution in [1.29, 1.82) is 0 Å². The van der Waals surface area contributed by atoms with Crippen LogP contribution in [0.4, 0.5) is 4.39 Å². The normalized spacial score (nSPS) is 10.6.